The number of carbonyl (C=O) groups is 1. The highest BCUT2D eigenvalue weighted by atomic mass is 32.1. The first-order chi connectivity index (χ1) is 8.20. The van der Waals surface area contributed by atoms with E-state index in [4.69, 9.17) is 0 Å². The number of aryl methyl sites for hydroxylation is 2. The van der Waals surface area contributed by atoms with E-state index in [2.05, 4.69) is 10.3 Å². The Balaban J connectivity index is 2.17. The fourth-order valence-corrected chi connectivity index (χ4v) is 2.42. The second-order valence-corrected chi connectivity index (χ2v) is 4.78. The van der Waals surface area contributed by atoms with Crippen LogP contribution in [-0.2, 0) is 6.42 Å². The van der Waals surface area contributed by atoms with Crippen LogP contribution < -0.4 is 5.32 Å². The number of aromatic nitrogens is 1. The molecule has 0 saturated carbocycles. The number of anilines is 1. The molecule has 0 unspecified atom stereocenters. The predicted octanol–water partition coefficient (Wildman–Crippen LogP) is 3.27. The van der Waals surface area contributed by atoms with Gasteiger partial charge in [0.1, 0.15) is 4.88 Å². The van der Waals surface area contributed by atoms with E-state index in [9.17, 15) is 4.79 Å². The first kappa shape index (κ1) is 11.8. The Bertz CT molecular complexity index is 519. The summed E-state index contributed by atoms with van der Waals surface area (Å²) in [5.41, 5.74) is 1.61. The van der Waals surface area contributed by atoms with Crippen LogP contribution in [0.4, 0.5) is 5.69 Å². The van der Waals surface area contributed by atoms with Gasteiger partial charge < -0.3 is 5.32 Å². The molecule has 2 rings (SSSR count). The summed E-state index contributed by atoms with van der Waals surface area (Å²) in [5.74, 6) is -0.0779. The molecule has 0 saturated heterocycles. The van der Waals surface area contributed by atoms with Gasteiger partial charge in [0, 0.05) is 5.69 Å². The van der Waals surface area contributed by atoms with Crippen LogP contribution >= 0.6 is 11.3 Å². The molecule has 0 aliphatic heterocycles. The fraction of sp³-hybridized carbons (Fsp3) is 0.231. The van der Waals surface area contributed by atoms with Crippen molar-refractivity contribution in [3.8, 4) is 0 Å². The Morgan fingerprint density at radius 2 is 2.06 bits per heavy atom. The molecule has 0 bridgehead atoms. The average molecular weight is 246 g/mol. The minimum atomic E-state index is -0.0779. The molecule has 1 aromatic heterocycles. The monoisotopic (exact) mass is 246 g/mol. The summed E-state index contributed by atoms with van der Waals surface area (Å²) in [6, 6.07) is 9.45. The number of para-hydroxylation sites is 1. The fourth-order valence-electron chi connectivity index (χ4n) is 1.52. The SMILES string of the molecule is CCc1nc(C)c(C(=O)Nc2ccccc2)s1. The third-order valence-corrected chi connectivity index (χ3v) is 3.68. The van der Waals surface area contributed by atoms with Gasteiger partial charge in [0.25, 0.3) is 5.91 Å². The van der Waals surface area contributed by atoms with E-state index in [0.29, 0.717) is 4.88 Å². The van der Waals surface area contributed by atoms with Gasteiger partial charge in [-0.25, -0.2) is 4.98 Å². The molecular formula is C13H14N2OS. The molecule has 3 nitrogen and oxygen atoms in total. The summed E-state index contributed by atoms with van der Waals surface area (Å²) >= 11 is 1.46. The van der Waals surface area contributed by atoms with Crippen LogP contribution in [0.1, 0.15) is 27.3 Å². The van der Waals surface area contributed by atoms with Crippen LogP contribution in [0.15, 0.2) is 30.3 Å². The van der Waals surface area contributed by atoms with Crippen molar-refractivity contribution >= 4 is 22.9 Å². The number of carbonyl (C=O) groups excluding carboxylic acids is 1. The number of nitrogens with zero attached hydrogens (tertiary/aromatic N) is 1. The van der Waals surface area contributed by atoms with Gasteiger partial charge in [0.2, 0.25) is 0 Å². The summed E-state index contributed by atoms with van der Waals surface area (Å²) in [6.07, 6.45) is 0.865. The molecule has 0 spiro atoms. The molecule has 2 aromatic rings. The maximum Gasteiger partial charge on any atom is 0.267 e. The van der Waals surface area contributed by atoms with E-state index in [1.54, 1.807) is 0 Å². The third-order valence-electron chi connectivity index (χ3n) is 2.38. The number of thiazole rings is 1. The smallest absolute Gasteiger partial charge is 0.267 e. The quantitative estimate of drug-likeness (QED) is 0.903. The zero-order valence-electron chi connectivity index (χ0n) is 9.86. The lowest BCUT2D eigenvalue weighted by molar-refractivity contribution is 0.103. The molecule has 0 aliphatic carbocycles. The molecule has 0 atom stereocenters. The Morgan fingerprint density at radius 1 is 1.35 bits per heavy atom. The van der Waals surface area contributed by atoms with E-state index >= 15 is 0 Å². The highest BCUT2D eigenvalue weighted by Crippen LogP contribution is 2.20. The summed E-state index contributed by atoms with van der Waals surface area (Å²) in [5, 5.41) is 3.87. The molecule has 1 amide bonds. The van der Waals surface area contributed by atoms with Crippen molar-refractivity contribution < 1.29 is 4.79 Å². The number of hydrogen-bond acceptors (Lipinski definition) is 3. The summed E-state index contributed by atoms with van der Waals surface area (Å²) in [4.78, 5) is 17.1. The van der Waals surface area contributed by atoms with Crippen LogP contribution in [0.5, 0.6) is 0 Å². The number of nitrogens with one attached hydrogen (secondary N) is 1. The minimum absolute atomic E-state index is 0.0779. The van der Waals surface area contributed by atoms with Crippen molar-refractivity contribution in [1.29, 1.82) is 0 Å². The van der Waals surface area contributed by atoms with Crippen molar-refractivity contribution in [3.63, 3.8) is 0 Å². The van der Waals surface area contributed by atoms with Crippen LogP contribution in [0.3, 0.4) is 0 Å². The number of rotatable bonds is 3. The Kier molecular flexibility index (Phi) is 3.54. The minimum Gasteiger partial charge on any atom is -0.321 e. The van der Waals surface area contributed by atoms with Gasteiger partial charge in [-0.2, -0.15) is 0 Å². The Labute approximate surface area is 105 Å². The lowest BCUT2D eigenvalue weighted by Crippen LogP contribution is -2.11. The topological polar surface area (TPSA) is 42.0 Å². The van der Waals surface area contributed by atoms with Gasteiger partial charge in [-0.3, -0.25) is 4.79 Å². The van der Waals surface area contributed by atoms with Crippen molar-refractivity contribution in [3.05, 3.63) is 45.9 Å². The summed E-state index contributed by atoms with van der Waals surface area (Å²) in [7, 11) is 0. The van der Waals surface area contributed by atoms with Gasteiger partial charge in [-0.05, 0) is 25.5 Å². The molecule has 17 heavy (non-hydrogen) atoms. The number of benzene rings is 1. The van der Waals surface area contributed by atoms with E-state index in [1.807, 2.05) is 44.2 Å². The Morgan fingerprint density at radius 3 is 2.65 bits per heavy atom. The molecule has 4 heteroatoms. The zero-order chi connectivity index (χ0) is 12.3. The molecule has 1 N–H and O–H groups in total. The van der Waals surface area contributed by atoms with Gasteiger partial charge in [0.05, 0.1) is 10.7 Å². The molecule has 1 aromatic carbocycles. The highest BCUT2D eigenvalue weighted by molar-refractivity contribution is 7.13. The second kappa shape index (κ2) is 5.10. The van der Waals surface area contributed by atoms with Crippen molar-refractivity contribution in [1.82, 2.24) is 4.98 Å². The summed E-state index contributed by atoms with van der Waals surface area (Å²) < 4.78 is 0. The Hall–Kier alpha value is -1.68. The highest BCUT2D eigenvalue weighted by Gasteiger charge is 2.14. The molecule has 0 fully saturated rings. The first-order valence-electron chi connectivity index (χ1n) is 5.53. The van der Waals surface area contributed by atoms with Crippen LogP contribution in [-0.4, -0.2) is 10.9 Å². The lowest BCUT2D eigenvalue weighted by Gasteiger charge is -2.02. The molecule has 0 radical (unpaired) electrons. The molecule has 88 valence electrons. The van der Waals surface area contributed by atoms with E-state index in [1.165, 1.54) is 11.3 Å². The average Bonchev–Trinajstić information content (AvgIpc) is 2.72. The lowest BCUT2D eigenvalue weighted by atomic mass is 10.3. The molecular weight excluding hydrogens is 232 g/mol. The van der Waals surface area contributed by atoms with Crippen molar-refractivity contribution in [2.45, 2.75) is 20.3 Å². The predicted molar refractivity (Wildman–Crippen MR) is 70.6 cm³/mol. The van der Waals surface area contributed by atoms with Crippen LogP contribution in [0, 0.1) is 6.92 Å². The van der Waals surface area contributed by atoms with Gasteiger partial charge in [0.15, 0.2) is 0 Å². The van der Waals surface area contributed by atoms with Crippen LogP contribution in [0.2, 0.25) is 0 Å². The van der Waals surface area contributed by atoms with Gasteiger partial charge >= 0.3 is 0 Å². The first-order valence-corrected chi connectivity index (χ1v) is 6.35. The van der Waals surface area contributed by atoms with E-state index < -0.39 is 0 Å². The molecule has 1 heterocycles. The second-order valence-electron chi connectivity index (χ2n) is 3.70. The van der Waals surface area contributed by atoms with E-state index in [-0.39, 0.29) is 5.91 Å². The van der Waals surface area contributed by atoms with E-state index in [0.717, 1.165) is 22.8 Å². The maximum absolute atomic E-state index is 12.0. The van der Waals surface area contributed by atoms with Gasteiger partial charge in [-0.15, -0.1) is 11.3 Å². The van der Waals surface area contributed by atoms with Gasteiger partial charge in [-0.1, -0.05) is 25.1 Å². The number of amides is 1. The largest absolute Gasteiger partial charge is 0.321 e. The van der Waals surface area contributed by atoms with Crippen molar-refractivity contribution in [2.24, 2.45) is 0 Å². The maximum atomic E-state index is 12.0. The van der Waals surface area contributed by atoms with Crippen molar-refractivity contribution in [2.75, 3.05) is 5.32 Å². The standard InChI is InChI=1S/C13H14N2OS/c1-3-11-14-9(2)12(17-11)13(16)15-10-7-5-4-6-8-10/h4-8H,3H2,1-2H3,(H,15,16). The normalized spacial score (nSPS) is 10.2. The zero-order valence-corrected chi connectivity index (χ0v) is 10.7. The van der Waals surface area contributed by atoms with Crippen LogP contribution in [0.25, 0.3) is 0 Å². The summed E-state index contributed by atoms with van der Waals surface area (Å²) in [6.45, 7) is 3.91. The molecule has 0 aliphatic rings. The third kappa shape index (κ3) is 2.71. The number of hydrogen-bond donors (Lipinski definition) is 1.